The Labute approximate surface area is 84.7 Å². The predicted molar refractivity (Wildman–Crippen MR) is 50.5 cm³/mol. The Kier molecular flexibility index (Phi) is 3.09. The van der Waals surface area contributed by atoms with Crippen LogP contribution in [0.1, 0.15) is 16.8 Å². The van der Waals surface area contributed by atoms with E-state index in [1.165, 1.54) is 0 Å². The number of thioether (sulfide) groups is 1. The van der Waals surface area contributed by atoms with Crippen molar-refractivity contribution in [2.75, 3.05) is 6.26 Å². The summed E-state index contributed by atoms with van der Waals surface area (Å²) in [5, 5.41) is 0.0422. The fraction of sp³-hybridized carbons (Fsp3) is 0.444. The molecule has 0 atom stereocenters. The fourth-order valence-electron chi connectivity index (χ4n) is 1.04. The summed E-state index contributed by atoms with van der Waals surface area (Å²) in [6, 6.07) is 1.15. The van der Waals surface area contributed by atoms with Crippen LogP contribution in [0.3, 0.4) is 0 Å². The minimum atomic E-state index is -4.32. The topological polar surface area (TPSA) is 12.9 Å². The zero-order valence-corrected chi connectivity index (χ0v) is 8.88. The molecule has 0 saturated carbocycles. The van der Waals surface area contributed by atoms with Crippen LogP contribution in [0.2, 0.25) is 0 Å². The standard InChI is InChI=1S/C9H10F3NS/c1-5-4-7(9(10,11)12)8(14-3)13-6(5)2/h4H,1-3H3. The average molecular weight is 221 g/mol. The number of pyridine rings is 1. The first-order valence-corrected chi connectivity index (χ1v) is 5.18. The molecule has 0 unspecified atom stereocenters. The third-order valence-electron chi connectivity index (χ3n) is 1.93. The van der Waals surface area contributed by atoms with Crippen LogP contribution in [0.5, 0.6) is 0 Å². The van der Waals surface area contributed by atoms with Crippen molar-refractivity contribution in [3.8, 4) is 0 Å². The van der Waals surface area contributed by atoms with Crippen molar-refractivity contribution in [1.29, 1.82) is 0 Å². The third kappa shape index (κ3) is 2.20. The maximum Gasteiger partial charge on any atom is 0.419 e. The van der Waals surface area contributed by atoms with Gasteiger partial charge in [0.05, 0.1) is 5.56 Å². The van der Waals surface area contributed by atoms with E-state index in [0.29, 0.717) is 11.3 Å². The van der Waals surface area contributed by atoms with Crippen molar-refractivity contribution in [3.05, 3.63) is 22.9 Å². The summed E-state index contributed by atoms with van der Waals surface area (Å²) in [7, 11) is 0. The fourth-order valence-corrected chi connectivity index (χ4v) is 1.66. The molecule has 0 spiro atoms. The van der Waals surface area contributed by atoms with Crippen molar-refractivity contribution in [2.45, 2.75) is 25.0 Å². The van der Waals surface area contributed by atoms with Crippen LogP contribution in [0.15, 0.2) is 11.1 Å². The van der Waals surface area contributed by atoms with Gasteiger partial charge in [-0.3, -0.25) is 0 Å². The average Bonchev–Trinajstić information content (AvgIpc) is 2.07. The Bertz CT molecular complexity index is 347. The molecule has 78 valence electrons. The number of halogens is 3. The van der Waals surface area contributed by atoms with Gasteiger partial charge in [-0.1, -0.05) is 0 Å². The molecule has 5 heteroatoms. The predicted octanol–water partition coefficient (Wildman–Crippen LogP) is 3.44. The van der Waals surface area contributed by atoms with Crippen LogP contribution in [0.25, 0.3) is 0 Å². The Hall–Kier alpha value is -0.710. The van der Waals surface area contributed by atoms with E-state index in [2.05, 4.69) is 4.98 Å². The van der Waals surface area contributed by atoms with Gasteiger partial charge < -0.3 is 0 Å². The summed E-state index contributed by atoms with van der Waals surface area (Å²) in [4.78, 5) is 3.90. The zero-order chi connectivity index (χ0) is 10.9. The molecule has 0 aromatic carbocycles. The summed E-state index contributed by atoms with van der Waals surface area (Å²) < 4.78 is 37.5. The molecule has 0 amide bonds. The molecule has 1 aromatic rings. The highest BCUT2D eigenvalue weighted by Crippen LogP contribution is 2.35. The lowest BCUT2D eigenvalue weighted by Crippen LogP contribution is -2.09. The van der Waals surface area contributed by atoms with Crippen molar-refractivity contribution in [2.24, 2.45) is 0 Å². The van der Waals surface area contributed by atoms with Crippen LogP contribution < -0.4 is 0 Å². The van der Waals surface area contributed by atoms with Gasteiger partial charge in [-0.15, -0.1) is 11.8 Å². The van der Waals surface area contributed by atoms with E-state index in [9.17, 15) is 13.2 Å². The molecule has 0 aliphatic carbocycles. The third-order valence-corrected chi connectivity index (χ3v) is 2.63. The van der Waals surface area contributed by atoms with Gasteiger partial charge >= 0.3 is 6.18 Å². The number of hydrogen-bond donors (Lipinski definition) is 0. The summed E-state index contributed by atoms with van der Waals surface area (Å²) in [6.45, 7) is 3.33. The molecule has 0 aliphatic rings. The normalized spacial score (nSPS) is 11.9. The van der Waals surface area contributed by atoms with Gasteiger partial charge in [0.15, 0.2) is 0 Å². The Balaban J connectivity index is 3.35. The SMILES string of the molecule is CSc1nc(C)c(C)cc1C(F)(F)F. The maximum absolute atomic E-state index is 12.5. The smallest absolute Gasteiger partial charge is 0.246 e. The highest BCUT2D eigenvalue weighted by atomic mass is 32.2. The molecule has 1 rings (SSSR count). The van der Waals surface area contributed by atoms with Gasteiger partial charge in [0.25, 0.3) is 0 Å². The molecule has 0 saturated heterocycles. The largest absolute Gasteiger partial charge is 0.419 e. The molecule has 0 aliphatic heterocycles. The number of aryl methyl sites for hydroxylation is 2. The summed E-state index contributed by atoms with van der Waals surface area (Å²) >= 11 is 1.01. The highest BCUT2D eigenvalue weighted by Gasteiger charge is 2.34. The van der Waals surface area contributed by atoms with Crippen LogP contribution >= 0.6 is 11.8 Å². The monoisotopic (exact) mass is 221 g/mol. The minimum Gasteiger partial charge on any atom is -0.246 e. The molecule has 14 heavy (non-hydrogen) atoms. The Morgan fingerprint density at radius 1 is 1.29 bits per heavy atom. The molecular weight excluding hydrogens is 211 g/mol. The van der Waals surface area contributed by atoms with Gasteiger partial charge in [0.2, 0.25) is 0 Å². The molecule has 1 nitrogen and oxygen atoms in total. The van der Waals surface area contributed by atoms with E-state index < -0.39 is 11.7 Å². The molecule has 0 N–H and O–H groups in total. The van der Waals surface area contributed by atoms with E-state index in [-0.39, 0.29) is 5.03 Å². The maximum atomic E-state index is 12.5. The van der Waals surface area contributed by atoms with Crippen LogP contribution in [0.4, 0.5) is 13.2 Å². The molecule has 0 radical (unpaired) electrons. The first kappa shape index (κ1) is 11.4. The lowest BCUT2D eigenvalue weighted by molar-refractivity contribution is -0.140. The van der Waals surface area contributed by atoms with Gasteiger partial charge in [-0.05, 0) is 31.7 Å². The van der Waals surface area contributed by atoms with Crippen LogP contribution in [0, 0.1) is 13.8 Å². The first-order chi connectivity index (χ1) is 6.36. The van der Waals surface area contributed by atoms with E-state index in [1.54, 1.807) is 20.1 Å². The first-order valence-electron chi connectivity index (χ1n) is 3.95. The minimum absolute atomic E-state index is 0.0422. The lowest BCUT2D eigenvalue weighted by atomic mass is 10.1. The van der Waals surface area contributed by atoms with Gasteiger partial charge in [0, 0.05) is 5.69 Å². The van der Waals surface area contributed by atoms with Crippen molar-refractivity contribution in [3.63, 3.8) is 0 Å². The second-order valence-corrected chi connectivity index (χ2v) is 3.74. The molecule has 0 bridgehead atoms. The highest BCUT2D eigenvalue weighted by molar-refractivity contribution is 7.98. The van der Waals surface area contributed by atoms with Crippen molar-refractivity contribution >= 4 is 11.8 Å². The van der Waals surface area contributed by atoms with Gasteiger partial charge in [0.1, 0.15) is 5.03 Å². The lowest BCUT2D eigenvalue weighted by Gasteiger charge is -2.12. The Morgan fingerprint density at radius 3 is 2.29 bits per heavy atom. The van der Waals surface area contributed by atoms with Crippen molar-refractivity contribution in [1.82, 2.24) is 4.98 Å². The van der Waals surface area contributed by atoms with Gasteiger partial charge in [-0.25, -0.2) is 4.98 Å². The van der Waals surface area contributed by atoms with Crippen LogP contribution in [-0.2, 0) is 6.18 Å². The summed E-state index contributed by atoms with van der Waals surface area (Å²) in [5.41, 5.74) is 0.561. The number of alkyl halides is 3. The van der Waals surface area contributed by atoms with E-state index in [4.69, 9.17) is 0 Å². The second-order valence-electron chi connectivity index (χ2n) is 2.95. The number of aromatic nitrogens is 1. The van der Waals surface area contributed by atoms with E-state index >= 15 is 0 Å². The second kappa shape index (κ2) is 3.81. The summed E-state index contributed by atoms with van der Waals surface area (Å²) in [6.07, 6.45) is -2.73. The molecule has 0 fully saturated rings. The van der Waals surface area contributed by atoms with Gasteiger partial charge in [-0.2, -0.15) is 13.2 Å². The summed E-state index contributed by atoms with van der Waals surface area (Å²) in [5.74, 6) is 0. The molecule has 1 aromatic heterocycles. The van der Waals surface area contributed by atoms with Crippen molar-refractivity contribution < 1.29 is 13.2 Å². The zero-order valence-electron chi connectivity index (χ0n) is 8.07. The number of nitrogens with zero attached hydrogens (tertiary/aromatic N) is 1. The van der Waals surface area contributed by atoms with E-state index in [1.807, 2.05) is 0 Å². The van der Waals surface area contributed by atoms with Crippen LogP contribution in [-0.4, -0.2) is 11.2 Å². The molecule has 1 heterocycles. The number of rotatable bonds is 1. The van der Waals surface area contributed by atoms with E-state index in [0.717, 1.165) is 17.8 Å². The number of hydrogen-bond acceptors (Lipinski definition) is 2. The Morgan fingerprint density at radius 2 is 1.86 bits per heavy atom. The molecular formula is C9H10F3NS. The quantitative estimate of drug-likeness (QED) is 0.674.